The molecule has 1 radical (unpaired) electrons. The van der Waals surface area contributed by atoms with Crippen LogP contribution >= 0.6 is 0 Å². The van der Waals surface area contributed by atoms with E-state index in [0.29, 0.717) is 0 Å². The van der Waals surface area contributed by atoms with Crippen molar-refractivity contribution in [3.8, 4) is 0 Å². The van der Waals surface area contributed by atoms with Crippen molar-refractivity contribution < 1.29 is 4.80 Å². The number of hydrogen-bond acceptors (Lipinski definition) is 1. The summed E-state index contributed by atoms with van der Waals surface area (Å²) in [6.07, 6.45) is 4.31. The summed E-state index contributed by atoms with van der Waals surface area (Å²) in [5.41, 5.74) is 3.14. The normalized spacial score (nSPS) is 11.4. The molecule has 0 saturated carbocycles. The van der Waals surface area contributed by atoms with Gasteiger partial charge in [0.05, 0.1) is 0 Å². The molecule has 1 nitrogen and oxygen atoms in total. The monoisotopic (exact) mass is 205 g/mol. The molecule has 0 heterocycles. The molecule has 0 bridgehead atoms. The van der Waals surface area contributed by atoms with Crippen LogP contribution in [0.3, 0.4) is 0 Å². The lowest BCUT2D eigenvalue weighted by molar-refractivity contribution is 0.577. The molecule has 0 fully saturated rings. The van der Waals surface area contributed by atoms with Gasteiger partial charge in [-0.05, 0) is 11.6 Å². The van der Waals surface area contributed by atoms with Crippen LogP contribution in [0.15, 0.2) is 36.0 Å². The van der Waals surface area contributed by atoms with Gasteiger partial charge in [0.25, 0.3) is 0 Å². The summed E-state index contributed by atoms with van der Waals surface area (Å²) < 4.78 is 0. The number of hydrogen-bond donors (Lipinski definition) is 1. The van der Waals surface area contributed by atoms with Gasteiger partial charge in [-0.15, -0.1) is 0 Å². The summed E-state index contributed by atoms with van der Waals surface area (Å²) in [6, 6.07) is 11.1. The summed E-state index contributed by atoms with van der Waals surface area (Å²) in [6.45, 7) is 2.15. The van der Waals surface area contributed by atoms with Crippen molar-refractivity contribution in [2.24, 2.45) is 0 Å². The van der Waals surface area contributed by atoms with Crippen LogP contribution in [-0.4, -0.2) is 13.8 Å². The van der Waals surface area contributed by atoms with Gasteiger partial charge in [-0.1, -0.05) is 61.9 Å². The standard InChI is InChI=1S/C12H17OSi/c1-2-3-10-14(13)11-9-12-7-5-4-6-8-12/h4-9,11,13H,2-3,10H2,1H3. The molecule has 0 atom stereocenters. The van der Waals surface area contributed by atoms with Gasteiger partial charge in [-0.2, -0.15) is 0 Å². The van der Waals surface area contributed by atoms with E-state index in [1.807, 2.05) is 42.1 Å². The highest BCUT2D eigenvalue weighted by Crippen LogP contribution is 2.04. The minimum atomic E-state index is -1.23. The summed E-state index contributed by atoms with van der Waals surface area (Å²) in [4.78, 5) is 9.66. The molecule has 1 aromatic rings. The minimum absolute atomic E-state index is 0.963. The topological polar surface area (TPSA) is 20.2 Å². The van der Waals surface area contributed by atoms with Crippen LogP contribution in [0.1, 0.15) is 25.3 Å². The van der Waals surface area contributed by atoms with E-state index in [4.69, 9.17) is 0 Å². The summed E-state index contributed by atoms with van der Waals surface area (Å²) >= 11 is 0. The van der Waals surface area contributed by atoms with Crippen molar-refractivity contribution in [3.63, 3.8) is 0 Å². The molecule has 1 rings (SSSR count). The maximum atomic E-state index is 9.66. The Morgan fingerprint density at radius 2 is 2.00 bits per heavy atom. The SMILES string of the molecule is CCCC[Si](O)C=Cc1ccccc1. The van der Waals surface area contributed by atoms with Crippen LogP contribution in [-0.2, 0) is 0 Å². The van der Waals surface area contributed by atoms with E-state index in [2.05, 4.69) is 6.92 Å². The zero-order chi connectivity index (χ0) is 10.2. The van der Waals surface area contributed by atoms with Gasteiger partial charge in [-0.25, -0.2) is 0 Å². The first-order valence-electron chi connectivity index (χ1n) is 5.11. The van der Waals surface area contributed by atoms with Crippen LogP contribution in [0.5, 0.6) is 0 Å². The van der Waals surface area contributed by atoms with Crippen LogP contribution in [0.4, 0.5) is 0 Å². The lowest BCUT2D eigenvalue weighted by Crippen LogP contribution is -2.06. The first-order chi connectivity index (χ1) is 6.83. The Labute approximate surface area is 87.8 Å². The third-order valence-corrected chi connectivity index (χ3v) is 3.47. The fourth-order valence-corrected chi connectivity index (χ4v) is 2.47. The molecular formula is C12H17OSi. The molecular weight excluding hydrogens is 188 g/mol. The maximum Gasteiger partial charge on any atom is 0.235 e. The molecule has 0 aliphatic heterocycles. The van der Waals surface area contributed by atoms with E-state index in [1.165, 1.54) is 5.56 Å². The van der Waals surface area contributed by atoms with Gasteiger partial charge < -0.3 is 4.80 Å². The van der Waals surface area contributed by atoms with Gasteiger partial charge in [0.2, 0.25) is 9.04 Å². The maximum absolute atomic E-state index is 9.66. The fourth-order valence-electron chi connectivity index (χ4n) is 1.20. The van der Waals surface area contributed by atoms with Crippen LogP contribution < -0.4 is 0 Å². The Kier molecular flexibility index (Phi) is 5.26. The summed E-state index contributed by atoms with van der Waals surface area (Å²) in [5, 5.41) is 0. The lowest BCUT2D eigenvalue weighted by Gasteiger charge is -1.99. The zero-order valence-corrected chi connectivity index (χ0v) is 9.61. The number of benzene rings is 1. The average molecular weight is 205 g/mol. The van der Waals surface area contributed by atoms with Gasteiger partial charge in [0.15, 0.2) is 0 Å². The molecule has 0 saturated heterocycles. The highest BCUT2D eigenvalue weighted by Gasteiger charge is 2.01. The van der Waals surface area contributed by atoms with E-state index in [1.54, 1.807) is 0 Å². The molecule has 75 valence electrons. The molecule has 0 aliphatic rings. The molecule has 2 heteroatoms. The van der Waals surface area contributed by atoms with Crippen LogP contribution in [0, 0.1) is 0 Å². The van der Waals surface area contributed by atoms with Crippen molar-refractivity contribution in [3.05, 3.63) is 41.6 Å². The fraction of sp³-hybridized carbons (Fsp3) is 0.333. The van der Waals surface area contributed by atoms with E-state index in [9.17, 15) is 4.80 Å². The van der Waals surface area contributed by atoms with E-state index < -0.39 is 9.04 Å². The van der Waals surface area contributed by atoms with E-state index in [-0.39, 0.29) is 0 Å². The highest BCUT2D eigenvalue weighted by atomic mass is 28.3. The van der Waals surface area contributed by atoms with Gasteiger partial charge in [0.1, 0.15) is 0 Å². The Morgan fingerprint density at radius 1 is 1.29 bits per heavy atom. The van der Waals surface area contributed by atoms with Crippen molar-refractivity contribution in [2.45, 2.75) is 25.8 Å². The Bertz CT molecular complexity index is 269. The number of unbranched alkanes of at least 4 members (excludes halogenated alkanes) is 1. The van der Waals surface area contributed by atoms with E-state index in [0.717, 1.165) is 18.9 Å². The summed E-state index contributed by atoms with van der Waals surface area (Å²) in [5.74, 6) is 0. The minimum Gasteiger partial charge on any atom is -0.428 e. The largest absolute Gasteiger partial charge is 0.428 e. The Balaban J connectivity index is 2.39. The third-order valence-electron chi connectivity index (χ3n) is 2.05. The second-order valence-corrected chi connectivity index (χ2v) is 5.15. The summed E-state index contributed by atoms with van der Waals surface area (Å²) in [7, 11) is -1.23. The molecule has 1 aromatic carbocycles. The average Bonchev–Trinajstić information content (AvgIpc) is 2.25. The van der Waals surface area contributed by atoms with Crippen LogP contribution in [0.25, 0.3) is 6.08 Å². The molecule has 1 N–H and O–H groups in total. The van der Waals surface area contributed by atoms with Gasteiger partial charge >= 0.3 is 0 Å². The molecule has 14 heavy (non-hydrogen) atoms. The predicted molar refractivity (Wildman–Crippen MR) is 63.2 cm³/mol. The first-order valence-corrected chi connectivity index (χ1v) is 6.84. The third kappa shape index (κ3) is 4.39. The van der Waals surface area contributed by atoms with Crippen LogP contribution in [0.2, 0.25) is 6.04 Å². The first kappa shape index (κ1) is 11.2. The van der Waals surface area contributed by atoms with Gasteiger partial charge in [0, 0.05) is 0 Å². The zero-order valence-electron chi connectivity index (χ0n) is 8.61. The Morgan fingerprint density at radius 3 is 2.64 bits per heavy atom. The smallest absolute Gasteiger partial charge is 0.235 e. The van der Waals surface area contributed by atoms with Crippen molar-refractivity contribution in [1.82, 2.24) is 0 Å². The molecule has 0 aliphatic carbocycles. The van der Waals surface area contributed by atoms with E-state index >= 15 is 0 Å². The van der Waals surface area contributed by atoms with Gasteiger partial charge in [-0.3, -0.25) is 0 Å². The molecule has 0 amide bonds. The van der Waals surface area contributed by atoms with Crippen molar-refractivity contribution in [1.29, 1.82) is 0 Å². The van der Waals surface area contributed by atoms with Crippen molar-refractivity contribution in [2.75, 3.05) is 0 Å². The molecule has 0 spiro atoms. The second kappa shape index (κ2) is 6.57. The molecule has 0 aromatic heterocycles. The Hall–Kier alpha value is -0.863. The predicted octanol–water partition coefficient (Wildman–Crippen LogP) is 3.02. The number of rotatable bonds is 5. The quantitative estimate of drug-likeness (QED) is 0.733. The van der Waals surface area contributed by atoms with Crippen molar-refractivity contribution >= 4 is 15.1 Å². The molecule has 0 unspecified atom stereocenters. The lowest BCUT2D eigenvalue weighted by atomic mass is 10.2. The second-order valence-electron chi connectivity index (χ2n) is 3.34. The highest BCUT2D eigenvalue weighted by molar-refractivity contribution is 6.57.